The van der Waals surface area contributed by atoms with Gasteiger partial charge in [-0.05, 0) is 23.8 Å². The lowest BCUT2D eigenvalue weighted by atomic mass is 10.1. The first-order valence-electron chi connectivity index (χ1n) is 7.15. The molecule has 0 fully saturated rings. The van der Waals surface area contributed by atoms with Crippen LogP contribution >= 0.6 is 0 Å². The molecule has 0 unspecified atom stereocenters. The monoisotopic (exact) mass is 324 g/mol. The molecule has 0 atom stereocenters. The summed E-state index contributed by atoms with van der Waals surface area (Å²) in [7, 11) is 0. The smallest absolute Gasteiger partial charge is 0.337 e. The van der Waals surface area contributed by atoms with Gasteiger partial charge in [0.25, 0.3) is 5.91 Å². The van der Waals surface area contributed by atoms with E-state index < -0.39 is 17.8 Å². The minimum absolute atomic E-state index is 0.0221. The van der Waals surface area contributed by atoms with Gasteiger partial charge in [0.15, 0.2) is 0 Å². The van der Waals surface area contributed by atoms with Crippen LogP contribution in [0.1, 0.15) is 22.8 Å². The van der Waals surface area contributed by atoms with Crippen molar-refractivity contribution in [2.75, 3.05) is 5.32 Å². The van der Waals surface area contributed by atoms with Crippen molar-refractivity contribution >= 4 is 29.5 Å². The predicted molar refractivity (Wildman–Crippen MR) is 90.3 cm³/mol. The molecule has 0 bridgehead atoms. The number of carbonyl (C=O) groups is 3. The maximum atomic E-state index is 12.4. The van der Waals surface area contributed by atoms with Gasteiger partial charge in [0, 0.05) is 6.92 Å². The van der Waals surface area contributed by atoms with Gasteiger partial charge in [0.1, 0.15) is 5.70 Å². The van der Waals surface area contributed by atoms with Crippen LogP contribution in [0, 0.1) is 0 Å². The number of aromatic carboxylic acids is 1. The van der Waals surface area contributed by atoms with Crippen LogP contribution in [0.15, 0.2) is 60.3 Å². The van der Waals surface area contributed by atoms with Gasteiger partial charge in [-0.3, -0.25) is 9.59 Å². The molecule has 0 aliphatic carbocycles. The first-order valence-corrected chi connectivity index (χ1v) is 7.15. The van der Waals surface area contributed by atoms with Crippen molar-refractivity contribution in [2.45, 2.75) is 6.92 Å². The Morgan fingerprint density at radius 1 is 0.958 bits per heavy atom. The molecule has 6 nitrogen and oxygen atoms in total. The summed E-state index contributed by atoms with van der Waals surface area (Å²) in [5.41, 5.74) is 0.865. The van der Waals surface area contributed by atoms with Gasteiger partial charge in [-0.25, -0.2) is 4.79 Å². The molecule has 0 aliphatic heterocycles. The molecule has 0 radical (unpaired) electrons. The van der Waals surface area contributed by atoms with E-state index in [0.717, 1.165) is 5.56 Å². The molecule has 122 valence electrons. The average molecular weight is 324 g/mol. The molecule has 0 spiro atoms. The second-order valence-electron chi connectivity index (χ2n) is 4.95. The highest BCUT2D eigenvalue weighted by atomic mass is 16.4. The third kappa shape index (κ3) is 4.54. The van der Waals surface area contributed by atoms with Gasteiger partial charge in [-0.1, -0.05) is 42.5 Å². The van der Waals surface area contributed by atoms with Gasteiger partial charge < -0.3 is 15.7 Å². The summed E-state index contributed by atoms with van der Waals surface area (Å²) in [5, 5.41) is 14.1. The zero-order valence-electron chi connectivity index (χ0n) is 12.9. The van der Waals surface area contributed by atoms with Crippen molar-refractivity contribution < 1.29 is 19.5 Å². The zero-order valence-corrected chi connectivity index (χ0v) is 12.9. The van der Waals surface area contributed by atoms with Gasteiger partial charge >= 0.3 is 5.97 Å². The fraction of sp³-hybridized carbons (Fsp3) is 0.0556. The molecular weight excluding hydrogens is 308 g/mol. The Balaban J connectivity index is 2.31. The van der Waals surface area contributed by atoms with Crippen molar-refractivity contribution in [3.05, 3.63) is 71.4 Å². The van der Waals surface area contributed by atoms with Gasteiger partial charge in [-0.15, -0.1) is 0 Å². The number of anilines is 1. The Kier molecular flexibility index (Phi) is 5.46. The van der Waals surface area contributed by atoms with E-state index in [1.165, 1.54) is 25.1 Å². The Labute approximate surface area is 138 Å². The zero-order chi connectivity index (χ0) is 17.5. The Bertz CT molecular complexity index is 798. The van der Waals surface area contributed by atoms with Crippen molar-refractivity contribution in [2.24, 2.45) is 0 Å². The number of carboxylic acids is 1. The van der Waals surface area contributed by atoms with Crippen LogP contribution < -0.4 is 10.6 Å². The summed E-state index contributed by atoms with van der Waals surface area (Å²) >= 11 is 0. The lowest BCUT2D eigenvalue weighted by molar-refractivity contribution is -0.120. The Morgan fingerprint density at radius 2 is 1.58 bits per heavy atom. The number of hydrogen-bond acceptors (Lipinski definition) is 3. The number of para-hydroxylation sites is 1. The van der Waals surface area contributed by atoms with Crippen LogP contribution in [0.25, 0.3) is 6.08 Å². The molecule has 0 saturated heterocycles. The van der Waals surface area contributed by atoms with E-state index in [9.17, 15) is 14.4 Å². The first kappa shape index (κ1) is 17.0. The van der Waals surface area contributed by atoms with Crippen molar-refractivity contribution in [1.82, 2.24) is 5.32 Å². The average Bonchev–Trinajstić information content (AvgIpc) is 2.55. The topological polar surface area (TPSA) is 95.5 Å². The summed E-state index contributed by atoms with van der Waals surface area (Å²) in [6, 6.07) is 15.0. The van der Waals surface area contributed by atoms with E-state index in [2.05, 4.69) is 10.6 Å². The molecule has 3 N–H and O–H groups in total. The molecule has 2 rings (SSSR count). The second kappa shape index (κ2) is 7.73. The minimum atomic E-state index is -1.15. The first-order chi connectivity index (χ1) is 11.5. The largest absolute Gasteiger partial charge is 0.478 e. The number of hydrogen-bond donors (Lipinski definition) is 3. The highest BCUT2D eigenvalue weighted by Gasteiger charge is 2.15. The highest BCUT2D eigenvalue weighted by Crippen LogP contribution is 2.16. The summed E-state index contributed by atoms with van der Waals surface area (Å²) in [6.45, 7) is 1.29. The third-order valence-corrected chi connectivity index (χ3v) is 3.07. The lowest BCUT2D eigenvalue weighted by Crippen LogP contribution is -2.29. The van der Waals surface area contributed by atoms with E-state index >= 15 is 0 Å². The van der Waals surface area contributed by atoms with E-state index in [-0.39, 0.29) is 16.9 Å². The van der Waals surface area contributed by atoms with Crippen LogP contribution in [0.4, 0.5) is 5.69 Å². The number of benzene rings is 2. The van der Waals surface area contributed by atoms with Crippen LogP contribution in [-0.4, -0.2) is 22.9 Å². The summed E-state index contributed by atoms with van der Waals surface area (Å²) < 4.78 is 0. The molecule has 0 heterocycles. The molecule has 2 aromatic carbocycles. The fourth-order valence-corrected chi connectivity index (χ4v) is 2.03. The number of rotatable bonds is 5. The van der Waals surface area contributed by atoms with E-state index in [1.807, 2.05) is 6.07 Å². The standard InChI is InChI=1S/C18H16N2O4/c1-12(21)19-16(11-13-7-3-2-4-8-13)17(22)20-15-10-6-5-9-14(15)18(23)24/h2-11H,1H3,(H,19,21)(H,20,22)(H,23,24). The Morgan fingerprint density at radius 3 is 2.21 bits per heavy atom. The van der Waals surface area contributed by atoms with E-state index in [0.29, 0.717) is 0 Å². The van der Waals surface area contributed by atoms with Crippen LogP contribution in [0.3, 0.4) is 0 Å². The third-order valence-electron chi connectivity index (χ3n) is 3.07. The van der Waals surface area contributed by atoms with E-state index in [1.54, 1.807) is 36.4 Å². The SMILES string of the molecule is CC(=O)NC(=Cc1ccccc1)C(=O)Nc1ccccc1C(=O)O. The van der Waals surface area contributed by atoms with Crippen molar-refractivity contribution in [3.8, 4) is 0 Å². The number of carbonyl (C=O) groups excluding carboxylic acids is 2. The number of nitrogens with one attached hydrogen (secondary N) is 2. The van der Waals surface area contributed by atoms with Crippen LogP contribution in [-0.2, 0) is 9.59 Å². The van der Waals surface area contributed by atoms with Crippen LogP contribution in [0.2, 0.25) is 0 Å². The van der Waals surface area contributed by atoms with Crippen molar-refractivity contribution in [3.63, 3.8) is 0 Å². The maximum absolute atomic E-state index is 12.4. The second-order valence-corrected chi connectivity index (χ2v) is 4.95. The van der Waals surface area contributed by atoms with E-state index in [4.69, 9.17) is 5.11 Å². The summed E-state index contributed by atoms with van der Waals surface area (Å²) in [4.78, 5) is 35.0. The number of amides is 2. The van der Waals surface area contributed by atoms with Gasteiger partial charge in [0.2, 0.25) is 5.91 Å². The summed E-state index contributed by atoms with van der Waals surface area (Å²) in [5.74, 6) is -2.17. The Hall–Kier alpha value is -3.41. The molecule has 0 aromatic heterocycles. The molecular formula is C18H16N2O4. The number of carboxylic acid groups (broad SMARTS) is 1. The van der Waals surface area contributed by atoms with Crippen molar-refractivity contribution in [1.29, 1.82) is 0 Å². The van der Waals surface area contributed by atoms with Gasteiger partial charge in [-0.2, -0.15) is 0 Å². The normalized spacial score (nSPS) is 10.8. The molecule has 0 aliphatic rings. The van der Waals surface area contributed by atoms with Crippen LogP contribution in [0.5, 0.6) is 0 Å². The molecule has 2 amide bonds. The molecule has 24 heavy (non-hydrogen) atoms. The minimum Gasteiger partial charge on any atom is -0.478 e. The molecule has 0 saturated carbocycles. The molecule has 6 heteroatoms. The lowest BCUT2D eigenvalue weighted by Gasteiger charge is -2.11. The maximum Gasteiger partial charge on any atom is 0.337 e. The fourth-order valence-electron chi connectivity index (χ4n) is 2.03. The summed E-state index contributed by atoms with van der Waals surface area (Å²) in [6.07, 6.45) is 1.51. The quantitative estimate of drug-likeness (QED) is 0.736. The highest BCUT2D eigenvalue weighted by molar-refractivity contribution is 6.10. The molecule has 2 aromatic rings. The predicted octanol–water partition coefficient (Wildman–Crippen LogP) is 2.50. The van der Waals surface area contributed by atoms with Gasteiger partial charge in [0.05, 0.1) is 11.3 Å².